The van der Waals surface area contributed by atoms with Gasteiger partial charge in [-0.1, -0.05) is 41.9 Å². The van der Waals surface area contributed by atoms with Gasteiger partial charge in [-0.3, -0.25) is 4.90 Å². The Morgan fingerprint density at radius 2 is 1.91 bits per heavy atom. The van der Waals surface area contributed by atoms with E-state index >= 15 is 0 Å². The molecule has 0 amide bonds. The second kappa shape index (κ2) is 7.82. The summed E-state index contributed by atoms with van der Waals surface area (Å²) in [6, 6.07) is 16.7. The average Bonchev–Trinajstić information content (AvgIpc) is 2.86. The van der Waals surface area contributed by atoms with E-state index in [-0.39, 0.29) is 6.04 Å². The van der Waals surface area contributed by atoms with Crippen molar-refractivity contribution in [2.24, 2.45) is 0 Å². The van der Waals surface area contributed by atoms with Crippen molar-refractivity contribution in [2.75, 3.05) is 33.3 Å². The lowest BCUT2D eigenvalue weighted by atomic mass is 9.96. The highest BCUT2D eigenvalue weighted by Crippen LogP contribution is 2.36. The zero-order chi connectivity index (χ0) is 16.1. The molecule has 1 N–H and O–H groups in total. The minimum Gasteiger partial charge on any atom is -0.496 e. The molecular formula is C19H23ClN2O. The fourth-order valence-electron chi connectivity index (χ4n) is 3.27. The van der Waals surface area contributed by atoms with Gasteiger partial charge in [0.1, 0.15) is 5.75 Å². The van der Waals surface area contributed by atoms with Gasteiger partial charge in [0.05, 0.1) is 13.2 Å². The molecule has 0 spiro atoms. The first-order valence-electron chi connectivity index (χ1n) is 8.13. The van der Waals surface area contributed by atoms with Crippen molar-refractivity contribution in [3.63, 3.8) is 0 Å². The number of ether oxygens (including phenoxy) is 1. The molecule has 3 nitrogen and oxygen atoms in total. The van der Waals surface area contributed by atoms with Gasteiger partial charge in [-0.2, -0.15) is 0 Å². The molecule has 122 valence electrons. The van der Waals surface area contributed by atoms with Crippen molar-refractivity contribution >= 4 is 11.6 Å². The first-order chi connectivity index (χ1) is 11.3. The van der Waals surface area contributed by atoms with E-state index in [1.54, 1.807) is 7.11 Å². The average molecular weight is 331 g/mol. The van der Waals surface area contributed by atoms with Crippen molar-refractivity contribution in [1.29, 1.82) is 0 Å². The first kappa shape index (κ1) is 16.3. The molecule has 0 radical (unpaired) electrons. The van der Waals surface area contributed by atoms with Crippen molar-refractivity contribution < 1.29 is 4.74 Å². The Morgan fingerprint density at radius 3 is 2.70 bits per heavy atom. The lowest BCUT2D eigenvalue weighted by Gasteiger charge is -2.32. The third-order valence-electron chi connectivity index (χ3n) is 4.34. The summed E-state index contributed by atoms with van der Waals surface area (Å²) in [5.74, 6) is 0.889. The fraction of sp³-hybridized carbons (Fsp3) is 0.368. The molecule has 0 bridgehead atoms. The third-order valence-corrected chi connectivity index (χ3v) is 4.58. The number of nitrogens with one attached hydrogen (secondary N) is 1. The summed E-state index contributed by atoms with van der Waals surface area (Å²) in [4.78, 5) is 2.52. The number of hydrogen-bond donors (Lipinski definition) is 1. The molecule has 23 heavy (non-hydrogen) atoms. The summed E-state index contributed by atoms with van der Waals surface area (Å²) in [5.41, 5.74) is 2.41. The van der Waals surface area contributed by atoms with Gasteiger partial charge in [0.2, 0.25) is 0 Å². The number of hydrogen-bond acceptors (Lipinski definition) is 3. The third kappa shape index (κ3) is 3.86. The molecule has 1 saturated heterocycles. The van der Waals surface area contributed by atoms with Crippen LogP contribution in [0.2, 0.25) is 5.02 Å². The van der Waals surface area contributed by atoms with Gasteiger partial charge in [-0.05, 0) is 36.7 Å². The Balaban J connectivity index is 2.06. The molecule has 4 heteroatoms. The fourth-order valence-corrected chi connectivity index (χ4v) is 3.45. The molecule has 1 heterocycles. The molecule has 3 rings (SSSR count). The highest BCUT2D eigenvalue weighted by atomic mass is 35.5. The standard InChI is InChI=1S/C19H23ClN2O/c1-23-18-9-8-16(20)14-17(18)19(15-6-3-2-4-7-15)22-12-5-10-21-11-13-22/h2-4,6-9,14,19,21H,5,10-13H2,1H3. The van der Waals surface area contributed by atoms with Crippen LogP contribution in [0.25, 0.3) is 0 Å². The van der Waals surface area contributed by atoms with Gasteiger partial charge in [-0.25, -0.2) is 0 Å². The normalized spacial score (nSPS) is 17.5. The smallest absolute Gasteiger partial charge is 0.124 e. The van der Waals surface area contributed by atoms with Crippen LogP contribution in [-0.2, 0) is 0 Å². The molecule has 1 atom stereocenters. The van der Waals surface area contributed by atoms with Crippen LogP contribution in [0.15, 0.2) is 48.5 Å². The highest BCUT2D eigenvalue weighted by Gasteiger charge is 2.26. The summed E-state index contributed by atoms with van der Waals surface area (Å²) in [6.07, 6.45) is 1.15. The molecule has 2 aromatic carbocycles. The highest BCUT2D eigenvalue weighted by molar-refractivity contribution is 6.30. The van der Waals surface area contributed by atoms with Crippen LogP contribution >= 0.6 is 11.6 Å². The molecule has 0 aromatic heterocycles. The Kier molecular flexibility index (Phi) is 5.55. The summed E-state index contributed by atoms with van der Waals surface area (Å²) in [6.45, 7) is 4.15. The van der Waals surface area contributed by atoms with Gasteiger partial charge in [-0.15, -0.1) is 0 Å². The monoisotopic (exact) mass is 330 g/mol. The molecule has 0 saturated carbocycles. The molecular weight excluding hydrogens is 308 g/mol. The second-order valence-electron chi connectivity index (χ2n) is 5.84. The van der Waals surface area contributed by atoms with Crippen LogP contribution in [0.3, 0.4) is 0 Å². The van der Waals surface area contributed by atoms with Gasteiger partial charge in [0.15, 0.2) is 0 Å². The van der Waals surface area contributed by atoms with Crippen LogP contribution in [0, 0.1) is 0 Å². The lowest BCUT2D eigenvalue weighted by molar-refractivity contribution is 0.236. The predicted octanol–water partition coefficient (Wildman–Crippen LogP) is 3.73. The number of halogens is 1. The Morgan fingerprint density at radius 1 is 1.09 bits per heavy atom. The van der Waals surface area contributed by atoms with Gasteiger partial charge >= 0.3 is 0 Å². The molecule has 2 aromatic rings. The zero-order valence-corrected chi connectivity index (χ0v) is 14.2. The van der Waals surface area contributed by atoms with Crippen LogP contribution in [0.4, 0.5) is 0 Å². The maximum absolute atomic E-state index is 6.29. The number of nitrogens with zero attached hydrogens (tertiary/aromatic N) is 1. The molecule has 1 fully saturated rings. The van der Waals surface area contributed by atoms with E-state index in [1.165, 1.54) is 5.56 Å². The molecule has 0 aliphatic carbocycles. The van der Waals surface area contributed by atoms with Crippen molar-refractivity contribution in [3.05, 3.63) is 64.7 Å². The first-order valence-corrected chi connectivity index (χ1v) is 8.50. The molecule has 1 aliphatic heterocycles. The summed E-state index contributed by atoms with van der Waals surface area (Å²) in [7, 11) is 1.72. The van der Waals surface area contributed by atoms with E-state index in [2.05, 4.69) is 40.5 Å². The summed E-state index contributed by atoms with van der Waals surface area (Å²) < 4.78 is 5.62. The van der Waals surface area contributed by atoms with Crippen molar-refractivity contribution in [1.82, 2.24) is 10.2 Å². The van der Waals surface area contributed by atoms with Gasteiger partial charge in [0.25, 0.3) is 0 Å². The molecule has 1 unspecified atom stereocenters. The Bertz CT molecular complexity index is 625. The molecule has 1 aliphatic rings. The van der Waals surface area contributed by atoms with Crippen LogP contribution in [0.5, 0.6) is 5.75 Å². The minimum atomic E-state index is 0.157. The van der Waals surface area contributed by atoms with Gasteiger partial charge < -0.3 is 10.1 Å². The van der Waals surface area contributed by atoms with E-state index in [4.69, 9.17) is 16.3 Å². The zero-order valence-electron chi connectivity index (χ0n) is 13.5. The summed E-state index contributed by atoms with van der Waals surface area (Å²) >= 11 is 6.29. The van der Waals surface area contributed by atoms with Crippen LogP contribution in [-0.4, -0.2) is 38.2 Å². The number of rotatable bonds is 4. The van der Waals surface area contributed by atoms with E-state index in [1.807, 2.05) is 18.2 Å². The maximum Gasteiger partial charge on any atom is 0.124 e. The van der Waals surface area contributed by atoms with E-state index in [0.29, 0.717) is 0 Å². The van der Waals surface area contributed by atoms with E-state index < -0.39 is 0 Å². The number of benzene rings is 2. The lowest BCUT2D eigenvalue weighted by Crippen LogP contribution is -2.33. The van der Waals surface area contributed by atoms with E-state index in [9.17, 15) is 0 Å². The van der Waals surface area contributed by atoms with Crippen molar-refractivity contribution in [3.8, 4) is 5.75 Å². The Labute approximate surface area is 143 Å². The second-order valence-corrected chi connectivity index (χ2v) is 6.28. The largest absolute Gasteiger partial charge is 0.496 e. The van der Waals surface area contributed by atoms with Gasteiger partial charge in [0, 0.05) is 30.2 Å². The Hall–Kier alpha value is -1.55. The van der Waals surface area contributed by atoms with Crippen LogP contribution < -0.4 is 10.1 Å². The SMILES string of the molecule is COc1ccc(Cl)cc1C(c1ccccc1)N1CCCNCC1. The topological polar surface area (TPSA) is 24.5 Å². The maximum atomic E-state index is 6.29. The summed E-state index contributed by atoms with van der Waals surface area (Å²) in [5, 5.41) is 4.22. The van der Waals surface area contributed by atoms with E-state index in [0.717, 1.165) is 48.9 Å². The quantitative estimate of drug-likeness (QED) is 0.924. The predicted molar refractivity (Wildman–Crippen MR) is 95.3 cm³/mol. The number of methoxy groups -OCH3 is 1. The van der Waals surface area contributed by atoms with Crippen molar-refractivity contribution in [2.45, 2.75) is 12.5 Å². The van der Waals surface area contributed by atoms with Crippen LogP contribution in [0.1, 0.15) is 23.6 Å². The minimum absolute atomic E-state index is 0.157.